The summed E-state index contributed by atoms with van der Waals surface area (Å²) in [5.74, 6) is 0.928. The summed E-state index contributed by atoms with van der Waals surface area (Å²) in [5, 5.41) is 5.26. The van der Waals surface area contributed by atoms with E-state index in [0.29, 0.717) is 21.5 Å². The lowest BCUT2D eigenvalue weighted by atomic mass is 10.2. The van der Waals surface area contributed by atoms with Gasteiger partial charge in [-0.25, -0.2) is 5.43 Å². The molecule has 124 valence electrons. The smallest absolute Gasteiger partial charge is 0.283 e. The van der Waals surface area contributed by atoms with Gasteiger partial charge in [-0.15, -0.1) is 11.3 Å². The number of nitrogens with one attached hydrogen (secondary N) is 1. The van der Waals surface area contributed by atoms with Crippen molar-refractivity contribution in [2.24, 2.45) is 5.10 Å². The van der Waals surface area contributed by atoms with Gasteiger partial charge in [0, 0.05) is 30.2 Å². The van der Waals surface area contributed by atoms with Crippen LogP contribution in [0.1, 0.15) is 21.0 Å². The molecular formula is C17H16ClN3O2S. The van der Waals surface area contributed by atoms with E-state index in [0.717, 1.165) is 15.6 Å². The second kappa shape index (κ2) is 6.67. The number of hydrazone groups is 1. The minimum Gasteiger partial charge on any atom is -0.440 e. The number of rotatable bonds is 4. The zero-order valence-corrected chi connectivity index (χ0v) is 15.0. The fourth-order valence-corrected chi connectivity index (χ4v) is 3.68. The first-order valence-corrected chi connectivity index (χ1v) is 8.44. The first-order chi connectivity index (χ1) is 11.5. The van der Waals surface area contributed by atoms with E-state index in [9.17, 15) is 4.79 Å². The molecule has 0 aliphatic heterocycles. The lowest BCUT2D eigenvalue weighted by Gasteiger charge is -2.05. The average Bonchev–Trinajstić information content (AvgIpc) is 3.12. The van der Waals surface area contributed by atoms with Gasteiger partial charge in [0.25, 0.3) is 5.91 Å². The Kier molecular flexibility index (Phi) is 4.59. The van der Waals surface area contributed by atoms with Crippen molar-refractivity contribution in [2.45, 2.75) is 6.92 Å². The quantitative estimate of drug-likeness (QED) is 0.557. The molecule has 0 bridgehead atoms. The van der Waals surface area contributed by atoms with E-state index in [1.807, 2.05) is 50.2 Å². The normalized spacial score (nSPS) is 11.3. The number of anilines is 1. The molecule has 7 heteroatoms. The van der Waals surface area contributed by atoms with Crippen LogP contribution in [0.2, 0.25) is 5.02 Å². The maximum atomic E-state index is 12.3. The molecular weight excluding hydrogens is 346 g/mol. The summed E-state index contributed by atoms with van der Waals surface area (Å²) in [5.41, 5.74) is 3.61. The predicted octanol–water partition coefficient (Wildman–Crippen LogP) is 4.29. The molecule has 0 saturated carbocycles. The Hall–Kier alpha value is -2.31. The van der Waals surface area contributed by atoms with E-state index in [1.165, 1.54) is 17.6 Å². The Bertz CT molecular complexity index is 927. The summed E-state index contributed by atoms with van der Waals surface area (Å²) in [6.45, 7) is 2.00. The van der Waals surface area contributed by atoms with Gasteiger partial charge in [-0.1, -0.05) is 23.7 Å². The number of fused-ring (bicyclic) bond motifs is 1. The van der Waals surface area contributed by atoms with E-state index in [-0.39, 0.29) is 5.91 Å². The van der Waals surface area contributed by atoms with Crippen LogP contribution in [-0.4, -0.2) is 26.2 Å². The molecule has 2 aromatic heterocycles. The SMILES string of the molecule is Cc1ccc2c(Cl)c(C(=O)NN=Cc3ccc(N(C)C)o3)sc2c1. The first-order valence-electron chi connectivity index (χ1n) is 7.25. The third kappa shape index (κ3) is 3.29. The number of furan rings is 1. The number of benzene rings is 1. The lowest BCUT2D eigenvalue weighted by Crippen LogP contribution is -2.16. The van der Waals surface area contributed by atoms with Crippen LogP contribution in [0.15, 0.2) is 39.9 Å². The molecule has 0 saturated heterocycles. The molecule has 1 amide bonds. The summed E-state index contributed by atoms with van der Waals surface area (Å²) in [4.78, 5) is 14.6. The number of amides is 1. The van der Waals surface area contributed by atoms with Gasteiger partial charge in [0.05, 0.1) is 11.2 Å². The topological polar surface area (TPSA) is 57.8 Å². The van der Waals surface area contributed by atoms with Crippen LogP contribution < -0.4 is 10.3 Å². The van der Waals surface area contributed by atoms with Gasteiger partial charge in [-0.05, 0) is 24.6 Å². The molecule has 1 aromatic carbocycles. The second-order valence-electron chi connectivity index (χ2n) is 5.51. The Morgan fingerprint density at radius 3 is 2.83 bits per heavy atom. The molecule has 0 aliphatic rings. The van der Waals surface area contributed by atoms with E-state index >= 15 is 0 Å². The standard InChI is InChI=1S/C17H16ClN3O2S/c1-10-4-6-12-13(8-10)24-16(15(12)18)17(22)20-19-9-11-5-7-14(23-11)21(2)3/h4-9H,1-3H3,(H,20,22). The predicted molar refractivity (Wildman–Crippen MR) is 99.7 cm³/mol. The molecule has 0 spiro atoms. The third-order valence-electron chi connectivity index (χ3n) is 3.40. The Morgan fingerprint density at radius 2 is 2.12 bits per heavy atom. The van der Waals surface area contributed by atoms with E-state index in [1.54, 1.807) is 6.07 Å². The third-order valence-corrected chi connectivity index (χ3v) is 5.06. The highest BCUT2D eigenvalue weighted by molar-refractivity contribution is 7.21. The Morgan fingerprint density at radius 1 is 1.33 bits per heavy atom. The molecule has 2 heterocycles. The van der Waals surface area contributed by atoms with Crippen molar-refractivity contribution in [1.29, 1.82) is 0 Å². The molecule has 0 aliphatic carbocycles. The molecule has 3 rings (SSSR count). The maximum absolute atomic E-state index is 12.3. The monoisotopic (exact) mass is 361 g/mol. The number of carbonyl (C=O) groups excluding carboxylic acids is 1. The molecule has 5 nitrogen and oxygen atoms in total. The van der Waals surface area contributed by atoms with Crippen molar-refractivity contribution in [2.75, 3.05) is 19.0 Å². The molecule has 0 fully saturated rings. The highest BCUT2D eigenvalue weighted by atomic mass is 35.5. The molecule has 0 atom stereocenters. The average molecular weight is 362 g/mol. The number of nitrogens with zero attached hydrogens (tertiary/aromatic N) is 2. The van der Waals surface area contributed by atoms with E-state index in [2.05, 4.69) is 10.5 Å². The number of aryl methyl sites for hydroxylation is 1. The summed E-state index contributed by atoms with van der Waals surface area (Å²) in [6.07, 6.45) is 1.45. The number of halogens is 1. The van der Waals surface area contributed by atoms with Gasteiger partial charge >= 0.3 is 0 Å². The number of hydrogen-bond donors (Lipinski definition) is 1. The molecule has 3 aromatic rings. The van der Waals surface area contributed by atoms with Crippen LogP contribution in [0.5, 0.6) is 0 Å². The van der Waals surface area contributed by atoms with Crippen LogP contribution >= 0.6 is 22.9 Å². The van der Waals surface area contributed by atoms with Crippen LogP contribution in [0.4, 0.5) is 5.88 Å². The zero-order valence-electron chi connectivity index (χ0n) is 13.5. The zero-order chi connectivity index (χ0) is 17.3. The largest absolute Gasteiger partial charge is 0.440 e. The second-order valence-corrected chi connectivity index (χ2v) is 6.94. The van der Waals surface area contributed by atoms with Crippen molar-refractivity contribution < 1.29 is 9.21 Å². The summed E-state index contributed by atoms with van der Waals surface area (Å²) >= 11 is 7.66. The van der Waals surface area contributed by atoms with Gasteiger partial charge in [0.15, 0.2) is 5.88 Å². The molecule has 0 unspecified atom stereocenters. The van der Waals surface area contributed by atoms with Crippen molar-refractivity contribution in [1.82, 2.24) is 5.43 Å². The molecule has 1 N–H and O–H groups in total. The van der Waals surface area contributed by atoms with Crippen LogP contribution in [0.25, 0.3) is 10.1 Å². The summed E-state index contributed by atoms with van der Waals surface area (Å²) < 4.78 is 6.50. The summed E-state index contributed by atoms with van der Waals surface area (Å²) in [6, 6.07) is 9.52. The molecule has 0 radical (unpaired) electrons. The fourth-order valence-electron chi connectivity index (χ4n) is 2.18. The van der Waals surface area contributed by atoms with Gasteiger partial charge in [-0.3, -0.25) is 4.79 Å². The highest BCUT2D eigenvalue weighted by Gasteiger charge is 2.16. The Labute approximate surface area is 148 Å². The van der Waals surface area contributed by atoms with Gasteiger partial charge in [-0.2, -0.15) is 5.10 Å². The number of thiophene rings is 1. The van der Waals surface area contributed by atoms with Crippen molar-refractivity contribution in [3.05, 3.63) is 51.6 Å². The van der Waals surface area contributed by atoms with Gasteiger partial charge < -0.3 is 9.32 Å². The van der Waals surface area contributed by atoms with Gasteiger partial charge in [0.1, 0.15) is 10.6 Å². The Balaban J connectivity index is 1.75. The van der Waals surface area contributed by atoms with Crippen LogP contribution in [0.3, 0.4) is 0 Å². The lowest BCUT2D eigenvalue weighted by molar-refractivity contribution is 0.0959. The minimum atomic E-state index is -0.338. The maximum Gasteiger partial charge on any atom is 0.283 e. The fraction of sp³-hybridized carbons (Fsp3) is 0.176. The first kappa shape index (κ1) is 16.5. The minimum absolute atomic E-state index is 0.338. The van der Waals surface area contributed by atoms with E-state index < -0.39 is 0 Å². The van der Waals surface area contributed by atoms with Gasteiger partial charge in [0.2, 0.25) is 0 Å². The molecule has 24 heavy (non-hydrogen) atoms. The van der Waals surface area contributed by atoms with Crippen LogP contribution in [-0.2, 0) is 0 Å². The summed E-state index contributed by atoms with van der Waals surface area (Å²) in [7, 11) is 3.76. The number of hydrogen-bond acceptors (Lipinski definition) is 5. The van der Waals surface area contributed by atoms with Crippen molar-refractivity contribution >= 4 is 51.0 Å². The van der Waals surface area contributed by atoms with E-state index in [4.69, 9.17) is 16.0 Å². The highest BCUT2D eigenvalue weighted by Crippen LogP contribution is 2.35. The van der Waals surface area contributed by atoms with Crippen LogP contribution in [0, 0.1) is 6.92 Å². The van der Waals surface area contributed by atoms with Crippen molar-refractivity contribution in [3.63, 3.8) is 0 Å². The number of carbonyl (C=O) groups is 1. The van der Waals surface area contributed by atoms with Crippen molar-refractivity contribution in [3.8, 4) is 0 Å².